The summed E-state index contributed by atoms with van der Waals surface area (Å²) in [7, 11) is 0. The second kappa shape index (κ2) is 6.60. The Kier molecular flexibility index (Phi) is 4.62. The van der Waals surface area contributed by atoms with E-state index in [-0.39, 0.29) is 22.6 Å². The van der Waals surface area contributed by atoms with Crippen LogP contribution in [-0.2, 0) is 23.7 Å². The van der Waals surface area contributed by atoms with Gasteiger partial charge in [-0.25, -0.2) is 9.18 Å². The fraction of sp³-hybridized carbons (Fsp3) is 0.235. The van der Waals surface area contributed by atoms with Gasteiger partial charge in [-0.15, -0.1) is 0 Å². The molecule has 0 amide bonds. The molecule has 2 heterocycles. The quantitative estimate of drug-likeness (QED) is 0.722. The molecule has 0 aliphatic heterocycles. The molecule has 5 nitrogen and oxygen atoms in total. The summed E-state index contributed by atoms with van der Waals surface area (Å²) < 4.78 is 43.0. The maximum atomic E-state index is 14.1. The van der Waals surface area contributed by atoms with Gasteiger partial charge >= 0.3 is 11.9 Å². The van der Waals surface area contributed by atoms with Crippen LogP contribution < -0.4 is 0 Å². The summed E-state index contributed by atoms with van der Waals surface area (Å²) in [6, 6.07) is 5.20. The van der Waals surface area contributed by atoms with Gasteiger partial charge in [0.25, 0.3) is 0 Å². The van der Waals surface area contributed by atoms with E-state index in [1.165, 1.54) is 22.9 Å². The highest BCUT2D eigenvalue weighted by Gasteiger charge is 2.41. The normalized spacial score (nSPS) is 11.9. The smallest absolute Gasteiger partial charge is 0.379 e. The molecule has 0 aliphatic carbocycles. The molecule has 3 aromatic rings. The number of halogens is 4. The predicted octanol–water partition coefficient (Wildman–Crippen LogP) is 4.01. The van der Waals surface area contributed by atoms with Gasteiger partial charge in [0.05, 0.1) is 23.3 Å². The van der Waals surface area contributed by atoms with Crippen LogP contribution in [0.5, 0.6) is 0 Å². The monoisotopic (exact) mass is 383 g/mol. The van der Waals surface area contributed by atoms with E-state index in [9.17, 15) is 18.0 Å². The molecule has 0 spiro atoms. The Morgan fingerprint density at radius 1 is 1.38 bits per heavy atom. The topological polar surface area (TPSA) is 68.0 Å². The SMILES string of the molecule is CCc1nn(Cc2c(F)cccc2Cl)c2cc(C(F)(F)C(=O)O)cnc12. The van der Waals surface area contributed by atoms with Crippen molar-refractivity contribution in [3.63, 3.8) is 0 Å². The first kappa shape index (κ1) is 18.2. The van der Waals surface area contributed by atoms with Crippen LogP contribution in [0.3, 0.4) is 0 Å². The Morgan fingerprint density at radius 2 is 2.12 bits per heavy atom. The van der Waals surface area contributed by atoms with E-state index in [0.717, 1.165) is 12.3 Å². The van der Waals surface area contributed by atoms with Crippen LogP contribution in [0.2, 0.25) is 5.02 Å². The zero-order chi connectivity index (χ0) is 19.1. The Bertz CT molecular complexity index is 984. The number of carboxylic acid groups (broad SMARTS) is 1. The van der Waals surface area contributed by atoms with E-state index in [2.05, 4.69) is 10.1 Å². The van der Waals surface area contributed by atoms with Crippen molar-refractivity contribution in [2.45, 2.75) is 25.8 Å². The van der Waals surface area contributed by atoms with Crippen LogP contribution in [0.25, 0.3) is 11.0 Å². The minimum absolute atomic E-state index is 0.105. The molecule has 1 N–H and O–H groups in total. The predicted molar refractivity (Wildman–Crippen MR) is 88.9 cm³/mol. The lowest BCUT2D eigenvalue weighted by atomic mass is 10.1. The summed E-state index contributed by atoms with van der Waals surface area (Å²) in [5.41, 5.74) is 0.430. The van der Waals surface area contributed by atoms with Crippen molar-refractivity contribution < 1.29 is 23.1 Å². The summed E-state index contributed by atoms with van der Waals surface area (Å²) in [6.07, 6.45) is 1.29. The van der Waals surface area contributed by atoms with Crippen LogP contribution >= 0.6 is 11.6 Å². The van der Waals surface area contributed by atoms with E-state index in [4.69, 9.17) is 16.7 Å². The molecule has 0 saturated heterocycles. The Balaban J connectivity index is 2.17. The third-order valence-corrected chi connectivity index (χ3v) is 4.35. The molecule has 0 saturated carbocycles. The number of carbonyl (C=O) groups is 1. The molecule has 0 unspecified atom stereocenters. The molecule has 0 fully saturated rings. The lowest BCUT2D eigenvalue weighted by Crippen LogP contribution is -2.25. The van der Waals surface area contributed by atoms with E-state index >= 15 is 0 Å². The number of alkyl halides is 2. The summed E-state index contributed by atoms with van der Waals surface area (Å²) in [4.78, 5) is 14.8. The van der Waals surface area contributed by atoms with Crippen molar-refractivity contribution in [3.05, 3.63) is 58.1 Å². The third-order valence-electron chi connectivity index (χ3n) is 4.00. The van der Waals surface area contributed by atoms with Gasteiger partial charge in [0, 0.05) is 16.8 Å². The van der Waals surface area contributed by atoms with Crippen molar-refractivity contribution in [2.75, 3.05) is 0 Å². The number of aryl methyl sites for hydroxylation is 1. The number of aromatic nitrogens is 3. The van der Waals surface area contributed by atoms with Crippen LogP contribution in [0.15, 0.2) is 30.5 Å². The minimum Gasteiger partial charge on any atom is -0.477 e. The van der Waals surface area contributed by atoms with E-state index < -0.39 is 23.3 Å². The standard InChI is InChI=1S/C17H13ClF3N3O2/c1-2-13-15-14(6-9(7-22-15)17(20,21)16(25)26)24(23-13)8-10-11(18)4-3-5-12(10)19/h3-7H,2,8H2,1H3,(H,25,26). The van der Waals surface area contributed by atoms with Gasteiger partial charge in [-0.3, -0.25) is 9.67 Å². The van der Waals surface area contributed by atoms with Crippen LogP contribution in [0, 0.1) is 5.82 Å². The number of benzene rings is 1. The summed E-state index contributed by atoms with van der Waals surface area (Å²) in [6.45, 7) is 1.70. The summed E-state index contributed by atoms with van der Waals surface area (Å²) in [5, 5.41) is 13.2. The van der Waals surface area contributed by atoms with Crippen molar-refractivity contribution in [2.24, 2.45) is 0 Å². The third kappa shape index (κ3) is 3.01. The molecule has 3 rings (SSSR count). The highest BCUT2D eigenvalue weighted by molar-refractivity contribution is 6.31. The molecule has 2 aromatic heterocycles. The molecule has 1 aromatic carbocycles. The molecule has 26 heavy (non-hydrogen) atoms. The molecular formula is C17H13ClF3N3O2. The van der Waals surface area contributed by atoms with Crippen molar-refractivity contribution in [3.8, 4) is 0 Å². The molecule has 136 valence electrons. The lowest BCUT2D eigenvalue weighted by molar-refractivity contribution is -0.166. The maximum absolute atomic E-state index is 14.1. The minimum atomic E-state index is -4.10. The van der Waals surface area contributed by atoms with Crippen LogP contribution in [-0.4, -0.2) is 25.8 Å². The van der Waals surface area contributed by atoms with Gasteiger partial charge in [0.2, 0.25) is 0 Å². The van der Waals surface area contributed by atoms with Gasteiger partial charge in [0.1, 0.15) is 11.3 Å². The fourth-order valence-corrected chi connectivity index (χ4v) is 2.83. The summed E-state index contributed by atoms with van der Waals surface area (Å²) in [5.74, 6) is -6.94. The largest absolute Gasteiger partial charge is 0.477 e. The zero-order valence-electron chi connectivity index (χ0n) is 13.5. The zero-order valence-corrected chi connectivity index (χ0v) is 14.3. The fourth-order valence-electron chi connectivity index (χ4n) is 2.61. The van der Waals surface area contributed by atoms with Gasteiger partial charge in [-0.1, -0.05) is 24.6 Å². The maximum Gasteiger partial charge on any atom is 0.379 e. The molecular weight excluding hydrogens is 371 g/mol. The number of fused-ring (bicyclic) bond motifs is 1. The Hall–Kier alpha value is -2.61. The van der Waals surface area contributed by atoms with Gasteiger partial charge in [-0.05, 0) is 24.6 Å². The summed E-state index contributed by atoms with van der Waals surface area (Å²) >= 11 is 6.02. The highest BCUT2D eigenvalue weighted by Crippen LogP contribution is 2.31. The van der Waals surface area contributed by atoms with Crippen molar-refractivity contribution in [1.82, 2.24) is 14.8 Å². The van der Waals surface area contributed by atoms with Crippen molar-refractivity contribution >= 4 is 28.6 Å². The number of rotatable bonds is 5. The van der Waals surface area contributed by atoms with Crippen LogP contribution in [0.4, 0.5) is 13.2 Å². The second-order valence-corrected chi connectivity index (χ2v) is 6.04. The number of aliphatic carboxylic acids is 1. The Morgan fingerprint density at radius 3 is 2.73 bits per heavy atom. The van der Waals surface area contributed by atoms with E-state index in [1.54, 1.807) is 0 Å². The molecule has 0 aliphatic rings. The first-order chi connectivity index (χ1) is 12.3. The average molecular weight is 384 g/mol. The van der Waals surface area contributed by atoms with E-state index in [1.807, 2.05) is 6.92 Å². The number of hydrogen-bond donors (Lipinski definition) is 1. The lowest BCUT2D eigenvalue weighted by Gasteiger charge is -2.12. The first-order valence-electron chi connectivity index (χ1n) is 7.65. The van der Waals surface area contributed by atoms with Gasteiger partial charge < -0.3 is 5.11 Å². The second-order valence-electron chi connectivity index (χ2n) is 5.63. The van der Waals surface area contributed by atoms with Crippen LogP contribution in [0.1, 0.15) is 23.7 Å². The van der Waals surface area contributed by atoms with Gasteiger partial charge in [-0.2, -0.15) is 13.9 Å². The number of carboxylic acids is 1. The number of pyridine rings is 1. The van der Waals surface area contributed by atoms with Crippen molar-refractivity contribution in [1.29, 1.82) is 0 Å². The molecule has 0 radical (unpaired) electrons. The number of hydrogen-bond acceptors (Lipinski definition) is 3. The Labute approximate surface area is 151 Å². The molecule has 9 heteroatoms. The first-order valence-corrected chi connectivity index (χ1v) is 8.03. The average Bonchev–Trinajstić information content (AvgIpc) is 2.95. The van der Waals surface area contributed by atoms with E-state index in [0.29, 0.717) is 17.6 Å². The highest BCUT2D eigenvalue weighted by atomic mass is 35.5. The molecule has 0 bridgehead atoms. The molecule has 0 atom stereocenters. The number of nitrogens with zero attached hydrogens (tertiary/aromatic N) is 3. The van der Waals surface area contributed by atoms with Gasteiger partial charge in [0.15, 0.2) is 0 Å².